The highest BCUT2D eigenvalue weighted by Gasteiger charge is 2.50. The van der Waals surface area contributed by atoms with E-state index in [2.05, 4.69) is 10.00 Å². The van der Waals surface area contributed by atoms with Crippen LogP contribution in [-0.4, -0.2) is 58.6 Å². The summed E-state index contributed by atoms with van der Waals surface area (Å²) < 4.78 is 7.35. The van der Waals surface area contributed by atoms with Gasteiger partial charge in [-0.1, -0.05) is 0 Å². The topological polar surface area (TPSA) is 67.6 Å². The van der Waals surface area contributed by atoms with Crippen LogP contribution in [0.25, 0.3) is 0 Å². The van der Waals surface area contributed by atoms with Crippen molar-refractivity contribution in [2.24, 2.45) is 11.3 Å². The molecule has 2 saturated heterocycles. The number of nitrogens with zero attached hydrogens (tertiary/aromatic N) is 3. The van der Waals surface area contributed by atoms with Gasteiger partial charge in [0.15, 0.2) is 0 Å². The first kappa shape index (κ1) is 14.5. The predicted octanol–water partition coefficient (Wildman–Crippen LogP) is 1.09. The zero-order valence-corrected chi connectivity index (χ0v) is 12.3. The van der Waals surface area contributed by atoms with Crippen molar-refractivity contribution in [2.75, 3.05) is 32.8 Å². The van der Waals surface area contributed by atoms with Crippen LogP contribution in [0.4, 0.5) is 0 Å². The molecule has 116 valence electrons. The van der Waals surface area contributed by atoms with Gasteiger partial charge in [-0.05, 0) is 31.9 Å². The monoisotopic (exact) mass is 293 g/mol. The van der Waals surface area contributed by atoms with Crippen LogP contribution >= 0.6 is 0 Å². The van der Waals surface area contributed by atoms with Gasteiger partial charge in [0.05, 0.1) is 5.92 Å². The van der Waals surface area contributed by atoms with E-state index in [0.717, 1.165) is 38.9 Å². The molecule has 0 aromatic carbocycles. The maximum atomic E-state index is 11.6. The molecule has 0 aliphatic carbocycles. The van der Waals surface area contributed by atoms with Crippen LogP contribution in [0.3, 0.4) is 0 Å². The van der Waals surface area contributed by atoms with Crippen LogP contribution < -0.4 is 0 Å². The molecule has 1 aromatic rings. The minimum Gasteiger partial charge on any atom is -0.481 e. The zero-order valence-electron chi connectivity index (χ0n) is 12.3. The fourth-order valence-corrected chi connectivity index (χ4v) is 3.76. The Bertz CT molecular complexity index is 469. The average molecular weight is 293 g/mol. The summed E-state index contributed by atoms with van der Waals surface area (Å²) in [6.07, 6.45) is 6.50. The first-order chi connectivity index (χ1) is 10.2. The van der Waals surface area contributed by atoms with Crippen molar-refractivity contribution in [1.29, 1.82) is 0 Å². The number of rotatable bonds is 5. The molecular weight excluding hydrogens is 270 g/mol. The summed E-state index contributed by atoms with van der Waals surface area (Å²) >= 11 is 0. The fourth-order valence-electron chi connectivity index (χ4n) is 3.76. The third kappa shape index (κ3) is 3.11. The quantitative estimate of drug-likeness (QED) is 0.880. The second-order valence-electron chi connectivity index (χ2n) is 6.22. The molecule has 21 heavy (non-hydrogen) atoms. The van der Waals surface area contributed by atoms with Crippen molar-refractivity contribution in [3.63, 3.8) is 0 Å². The van der Waals surface area contributed by atoms with Crippen LogP contribution in [0.1, 0.15) is 19.3 Å². The number of ether oxygens (including phenoxy) is 1. The standard InChI is InChI=1S/C15H23N3O3/c19-14(20)13-11-17(6-2-8-18-7-1-5-16-18)12-15(13)3-9-21-10-4-15/h1,5,7,13H,2-4,6,8-12H2,(H,19,20). The van der Waals surface area contributed by atoms with Gasteiger partial charge in [-0.2, -0.15) is 5.10 Å². The second-order valence-corrected chi connectivity index (χ2v) is 6.22. The molecular formula is C15H23N3O3. The Morgan fingerprint density at radius 2 is 2.19 bits per heavy atom. The Labute approximate surface area is 124 Å². The molecule has 1 N–H and O–H groups in total. The molecule has 0 saturated carbocycles. The van der Waals surface area contributed by atoms with E-state index in [0.29, 0.717) is 19.8 Å². The van der Waals surface area contributed by atoms with Crippen LogP contribution in [0.15, 0.2) is 18.5 Å². The van der Waals surface area contributed by atoms with Crippen molar-refractivity contribution in [3.05, 3.63) is 18.5 Å². The lowest BCUT2D eigenvalue weighted by Gasteiger charge is -2.36. The van der Waals surface area contributed by atoms with Gasteiger partial charge in [-0.3, -0.25) is 9.48 Å². The van der Waals surface area contributed by atoms with Gasteiger partial charge < -0.3 is 14.7 Å². The number of carboxylic acid groups (broad SMARTS) is 1. The molecule has 0 bridgehead atoms. The lowest BCUT2D eigenvalue weighted by molar-refractivity contribution is -0.146. The summed E-state index contributed by atoms with van der Waals surface area (Å²) in [5.41, 5.74) is -0.0736. The van der Waals surface area contributed by atoms with Crippen molar-refractivity contribution >= 4 is 5.97 Å². The molecule has 0 radical (unpaired) electrons. The zero-order chi connectivity index (χ0) is 14.7. The third-order valence-corrected chi connectivity index (χ3v) is 4.93. The van der Waals surface area contributed by atoms with Gasteiger partial charge in [-0.25, -0.2) is 0 Å². The number of likely N-dealkylation sites (tertiary alicyclic amines) is 1. The molecule has 1 aromatic heterocycles. The normalized spacial score (nSPS) is 25.4. The van der Waals surface area contributed by atoms with E-state index in [1.807, 2.05) is 16.9 Å². The highest BCUT2D eigenvalue weighted by Crippen LogP contribution is 2.44. The Hall–Kier alpha value is -1.40. The minimum absolute atomic E-state index is 0.0736. The van der Waals surface area contributed by atoms with Gasteiger partial charge >= 0.3 is 5.97 Å². The Balaban J connectivity index is 1.56. The van der Waals surface area contributed by atoms with Crippen molar-refractivity contribution in [3.8, 4) is 0 Å². The molecule has 3 rings (SSSR count). The van der Waals surface area contributed by atoms with Gasteiger partial charge in [0, 0.05) is 50.7 Å². The molecule has 1 atom stereocenters. The van der Waals surface area contributed by atoms with Gasteiger partial charge in [0.2, 0.25) is 0 Å². The fraction of sp³-hybridized carbons (Fsp3) is 0.733. The predicted molar refractivity (Wildman–Crippen MR) is 76.9 cm³/mol. The summed E-state index contributed by atoms with van der Waals surface area (Å²) in [7, 11) is 0. The highest BCUT2D eigenvalue weighted by atomic mass is 16.5. The van der Waals surface area contributed by atoms with E-state index >= 15 is 0 Å². The molecule has 1 spiro atoms. The molecule has 2 aliphatic rings. The van der Waals surface area contributed by atoms with E-state index < -0.39 is 5.97 Å². The molecule has 6 heteroatoms. The first-order valence-electron chi connectivity index (χ1n) is 7.70. The number of aliphatic carboxylic acids is 1. The van der Waals surface area contributed by atoms with E-state index in [4.69, 9.17) is 4.74 Å². The number of carbonyl (C=O) groups is 1. The number of aromatic nitrogens is 2. The maximum Gasteiger partial charge on any atom is 0.308 e. The first-order valence-corrected chi connectivity index (χ1v) is 7.70. The summed E-state index contributed by atoms with van der Waals surface area (Å²) in [6, 6.07) is 1.92. The van der Waals surface area contributed by atoms with E-state index in [9.17, 15) is 9.90 Å². The van der Waals surface area contributed by atoms with E-state index in [1.54, 1.807) is 6.20 Å². The number of hydrogen-bond donors (Lipinski definition) is 1. The highest BCUT2D eigenvalue weighted by molar-refractivity contribution is 5.72. The SMILES string of the molecule is O=C(O)C1CN(CCCn2cccn2)CC12CCOCC2. The molecule has 1 unspecified atom stereocenters. The van der Waals surface area contributed by atoms with Gasteiger partial charge in [0.1, 0.15) is 0 Å². The summed E-state index contributed by atoms with van der Waals surface area (Å²) in [4.78, 5) is 13.9. The largest absolute Gasteiger partial charge is 0.481 e. The van der Waals surface area contributed by atoms with Crippen LogP contribution in [-0.2, 0) is 16.1 Å². The van der Waals surface area contributed by atoms with Crippen LogP contribution in [0.5, 0.6) is 0 Å². The molecule has 2 aliphatic heterocycles. The summed E-state index contributed by atoms with van der Waals surface area (Å²) in [5.74, 6) is -0.891. The van der Waals surface area contributed by atoms with Crippen molar-refractivity contribution in [2.45, 2.75) is 25.8 Å². The van der Waals surface area contributed by atoms with Crippen LogP contribution in [0, 0.1) is 11.3 Å². The Kier molecular flexibility index (Phi) is 4.26. The van der Waals surface area contributed by atoms with Crippen molar-refractivity contribution in [1.82, 2.24) is 14.7 Å². The lowest BCUT2D eigenvalue weighted by Crippen LogP contribution is -2.40. The van der Waals surface area contributed by atoms with Crippen molar-refractivity contribution < 1.29 is 14.6 Å². The maximum absolute atomic E-state index is 11.6. The molecule has 2 fully saturated rings. The number of aryl methyl sites for hydroxylation is 1. The number of carboxylic acids is 1. The average Bonchev–Trinajstić information content (AvgIpc) is 3.09. The summed E-state index contributed by atoms with van der Waals surface area (Å²) in [6.45, 7) is 4.79. The second kappa shape index (κ2) is 6.15. The smallest absolute Gasteiger partial charge is 0.308 e. The minimum atomic E-state index is -0.647. The van der Waals surface area contributed by atoms with E-state index in [1.165, 1.54) is 0 Å². The summed E-state index contributed by atoms with van der Waals surface area (Å²) in [5, 5.41) is 13.7. The molecule has 6 nitrogen and oxygen atoms in total. The van der Waals surface area contributed by atoms with Gasteiger partial charge in [-0.15, -0.1) is 0 Å². The lowest BCUT2D eigenvalue weighted by atomic mass is 9.72. The Morgan fingerprint density at radius 3 is 2.86 bits per heavy atom. The van der Waals surface area contributed by atoms with Gasteiger partial charge in [0.25, 0.3) is 0 Å². The number of hydrogen-bond acceptors (Lipinski definition) is 4. The third-order valence-electron chi connectivity index (χ3n) is 4.93. The molecule has 0 amide bonds. The van der Waals surface area contributed by atoms with Crippen LogP contribution in [0.2, 0.25) is 0 Å². The Morgan fingerprint density at radius 1 is 1.38 bits per heavy atom. The van der Waals surface area contributed by atoms with E-state index in [-0.39, 0.29) is 11.3 Å². The molecule has 3 heterocycles.